The molecule has 1 saturated heterocycles. The number of rotatable bonds is 4. The van der Waals surface area contributed by atoms with Crippen LogP contribution in [0.5, 0.6) is 0 Å². The zero-order valence-electron chi connectivity index (χ0n) is 9.55. The highest BCUT2D eigenvalue weighted by Crippen LogP contribution is 2.15. The maximum Gasteiger partial charge on any atom is 0.237 e. The molecule has 1 N–H and O–H groups in total. The second kappa shape index (κ2) is 5.35. The molecule has 1 aliphatic heterocycles. The van der Waals surface area contributed by atoms with Crippen LogP contribution in [0.1, 0.15) is 39.5 Å². The van der Waals surface area contributed by atoms with Gasteiger partial charge in [-0.15, -0.1) is 0 Å². The first-order valence-electron chi connectivity index (χ1n) is 5.69. The summed E-state index contributed by atoms with van der Waals surface area (Å²) < 4.78 is 0. The Morgan fingerprint density at radius 3 is 2.57 bits per heavy atom. The van der Waals surface area contributed by atoms with Gasteiger partial charge in [0, 0.05) is 6.04 Å². The van der Waals surface area contributed by atoms with Gasteiger partial charge in [-0.25, -0.2) is 0 Å². The van der Waals surface area contributed by atoms with E-state index in [-0.39, 0.29) is 11.9 Å². The van der Waals surface area contributed by atoms with Crippen molar-refractivity contribution < 1.29 is 4.79 Å². The Labute approximate surface area is 86.9 Å². The molecule has 0 aromatic heterocycles. The first kappa shape index (κ1) is 11.5. The van der Waals surface area contributed by atoms with E-state index < -0.39 is 0 Å². The van der Waals surface area contributed by atoms with Gasteiger partial charge in [0.15, 0.2) is 0 Å². The molecule has 14 heavy (non-hydrogen) atoms. The lowest BCUT2D eigenvalue weighted by Gasteiger charge is -2.22. The summed E-state index contributed by atoms with van der Waals surface area (Å²) in [6, 6.07) is 0.479. The number of amides is 1. The molecule has 0 spiro atoms. The lowest BCUT2D eigenvalue weighted by atomic mass is 10.1. The van der Waals surface area contributed by atoms with Crippen molar-refractivity contribution in [2.75, 3.05) is 13.6 Å². The fourth-order valence-electron chi connectivity index (χ4n) is 2.03. The second-order valence-electron chi connectivity index (χ2n) is 4.16. The molecule has 0 unspecified atom stereocenters. The summed E-state index contributed by atoms with van der Waals surface area (Å²) in [4.78, 5) is 14.0. The van der Waals surface area contributed by atoms with Crippen LogP contribution in [0.3, 0.4) is 0 Å². The molecule has 3 heteroatoms. The van der Waals surface area contributed by atoms with Crippen molar-refractivity contribution in [3.63, 3.8) is 0 Å². The van der Waals surface area contributed by atoms with Crippen LogP contribution >= 0.6 is 0 Å². The normalized spacial score (nSPS) is 23.0. The maximum absolute atomic E-state index is 11.8. The molecule has 3 nitrogen and oxygen atoms in total. The minimum absolute atomic E-state index is 0.121. The molecule has 0 aromatic carbocycles. The molecule has 1 heterocycles. The Balaban J connectivity index is 2.40. The minimum atomic E-state index is 0.121. The predicted molar refractivity (Wildman–Crippen MR) is 58.2 cm³/mol. The Morgan fingerprint density at radius 2 is 2.14 bits per heavy atom. The van der Waals surface area contributed by atoms with Crippen molar-refractivity contribution in [1.82, 2.24) is 10.2 Å². The van der Waals surface area contributed by atoms with E-state index in [0.29, 0.717) is 6.04 Å². The highest BCUT2D eigenvalue weighted by atomic mass is 16.2. The molecule has 0 aromatic rings. The molecule has 1 aliphatic rings. The smallest absolute Gasteiger partial charge is 0.237 e. The summed E-state index contributed by atoms with van der Waals surface area (Å²) in [5.74, 6) is 0.221. The van der Waals surface area contributed by atoms with Crippen LogP contribution in [0.4, 0.5) is 0 Å². The summed E-state index contributed by atoms with van der Waals surface area (Å²) >= 11 is 0. The number of hydrogen-bond donors (Lipinski definition) is 1. The van der Waals surface area contributed by atoms with Crippen LogP contribution < -0.4 is 5.32 Å². The van der Waals surface area contributed by atoms with Crippen LogP contribution in [-0.2, 0) is 4.79 Å². The topological polar surface area (TPSA) is 32.3 Å². The third-order valence-corrected chi connectivity index (χ3v) is 3.16. The van der Waals surface area contributed by atoms with Crippen molar-refractivity contribution >= 4 is 5.91 Å². The number of likely N-dealkylation sites (tertiary alicyclic amines) is 1. The maximum atomic E-state index is 11.8. The number of carbonyl (C=O) groups excluding carboxylic acids is 1. The average molecular weight is 198 g/mol. The summed E-state index contributed by atoms with van der Waals surface area (Å²) in [7, 11) is 2.03. The van der Waals surface area contributed by atoms with Gasteiger partial charge in [-0.1, -0.05) is 13.8 Å². The molecular formula is C11H22N2O. The number of hydrogen-bond acceptors (Lipinski definition) is 2. The summed E-state index contributed by atoms with van der Waals surface area (Å²) in [6.07, 6.45) is 4.22. The quantitative estimate of drug-likeness (QED) is 0.740. The first-order valence-corrected chi connectivity index (χ1v) is 5.69. The van der Waals surface area contributed by atoms with Gasteiger partial charge >= 0.3 is 0 Å². The van der Waals surface area contributed by atoms with Gasteiger partial charge in [-0.05, 0) is 39.3 Å². The second-order valence-corrected chi connectivity index (χ2v) is 4.16. The Hall–Kier alpha value is -0.570. The van der Waals surface area contributed by atoms with Crippen LogP contribution in [-0.4, -0.2) is 36.5 Å². The van der Waals surface area contributed by atoms with Crippen LogP contribution in [0.2, 0.25) is 0 Å². The first-order chi connectivity index (χ1) is 6.69. The van der Waals surface area contributed by atoms with Crippen LogP contribution in [0.25, 0.3) is 0 Å². The van der Waals surface area contributed by atoms with E-state index in [0.717, 1.165) is 32.2 Å². The van der Waals surface area contributed by atoms with E-state index in [9.17, 15) is 4.79 Å². The molecule has 0 radical (unpaired) electrons. The standard InChI is InChI=1S/C11H22N2O/c1-4-9(5-2)12-11(14)10-7-6-8-13(10)3/h9-10H,4-8H2,1-3H3,(H,12,14)/t10-/m0/s1. The van der Waals surface area contributed by atoms with E-state index in [2.05, 4.69) is 24.1 Å². The predicted octanol–water partition coefficient (Wildman–Crippen LogP) is 1.39. The Bertz CT molecular complexity index is 190. The number of nitrogens with one attached hydrogen (secondary N) is 1. The molecule has 1 rings (SSSR count). The lowest BCUT2D eigenvalue weighted by Crippen LogP contribution is -2.45. The minimum Gasteiger partial charge on any atom is -0.352 e. The fourth-order valence-corrected chi connectivity index (χ4v) is 2.03. The molecule has 82 valence electrons. The zero-order valence-corrected chi connectivity index (χ0v) is 9.55. The zero-order chi connectivity index (χ0) is 10.6. The van der Waals surface area contributed by atoms with Crippen LogP contribution in [0, 0.1) is 0 Å². The highest BCUT2D eigenvalue weighted by molar-refractivity contribution is 5.82. The van der Waals surface area contributed by atoms with Crippen molar-refractivity contribution in [2.45, 2.75) is 51.6 Å². The van der Waals surface area contributed by atoms with Gasteiger partial charge in [0.2, 0.25) is 5.91 Å². The SMILES string of the molecule is CCC(CC)NC(=O)[C@@H]1CCCN1C. The van der Waals surface area contributed by atoms with Crippen LogP contribution in [0.15, 0.2) is 0 Å². The van der Waals surface area contributed by atoms with Gasteiger partial charge in [0.25, 0.3) is 0 Å². The van der Waals surface area contributed by atoms with Gasteiger partial charge in [-0.2, -0.15) is 0 Å². The Kier molecular flexibility index (Phi) is 4.39. The van der Waals surface area contributed by atoms with Crippen molar-refractivity contribution in [1.29, 1.82) is 0 Å². The molecular weight excluding hydrogens is 176 g/mol. The summed E-state index contributed by atoms with van der Waals surface area (Å²) in [5, 5.41) is 3.11. The lowest BCUT2D eigenvalue weighted by molar-refractivity contribution is -0.125. The highest BCUT2D eigenvalue weighted by Gasteiger charge is 2.28. The molecule has 0 aliphatic carbocycles. The summed E-state index contributed by atoms with van der Waals surface area (Å²) in [5.41, 5.74) is 0. The Morgan fingerprint density at radius 1 is 1.50 bits per heavy atom. The average Bonchev–Trinajstić information content (AvgIpc) is 2.60. The van der Waals surface area contributed by atoms with Gasteiger partial charge in [-0.3, -0.25) is 9.69 Å². The van der Waals surface area contributed by atoms with E-state index in [1.54, 1.807) is 0 Å². The molecule has 1 amide bonds. The molecule has 1 atom stereocenters. The number of carbonyl (C=O) groups is 1. The number of nitrogens with zero attached hydrogens (tertiary/aromatic N) is 1. The molecule has 0 bridgehead atoms. The van der Waals surface area contributed by atoms with Gasteiger partial charge in [0.05, 0.1) is 6.04 Å². The monoisotopic (exact) mass is 198 g/mol. The van der Waals surface area contributed by atoms with E-state index in [1.807, 2.05) is 7.05 Å². The van der Waals surface area contributed by atoms with E-state index >= 15 is 0 Å². The summed E-state index contributed by atoms with van der Waals surface area (Å²) in [6.45, 7) is 5.29. The van der Waals surface area contributed by atoms with Crippen molar-refractivity contribution in [2.24, 2.45) is 0 Å². The van der Waals surface area contributed by atoms with E-state index in [1.165, 1.54) is 0 Å². The number of likely N-dealkylation sites (N-methyl/N-ethyl adjacent to an activating group) is 1. The molecule has 0 saturated carbocycles. The van der Waals surface area contributed by atoms with Crippen molar-refractivity contribution in [3.8, 4) is 0 Å². The largest absolute Gasteiger partial charge is 0.352 e. The third-order valence-electron chi connectivity index (χ3n) is 3.16. The van der Waals surface area contributed by atoms with Gasteiger partial charge in [0.1, 0.15) is 0 Å². The third kappa shape index (κ3) is 2.71. The van der Waals surface area contributed by atoms with Crippen molar-refractivity contribution in [3.05, 3.63) is 0 Å². The molecule has 1 fully saturated rings. The fraction of sp³-hybridized carbons (Fsp3) is 0.909. The van der Waals surface area contributed by atoms with Gasteiger partial charge < -0.3 is 5.32 Å². The van der Waals surface area contributed by atoms with E-state index in [4.69, 9.17) is 0 Å².